The summed E-state index contributed by atoms with van der Waals surface area (Å²) in [5, 5.41) is 3.24. The van der Waals surface area contributed by atoms with Gasteiger partial charge in [-0.25, -0.2) is 4.98 Å². The highest BCUT2D eigenvalue weighted by Crippen LogP contribution is 2.40. The average molecular weight is 207 g/mol. The molecule has 1 heterocycles. The first-order chi connectivity index (χ1) is 7.00. The number of hydrogen-bond donors (Lipinski definition) is 1. The van der Waals surface area contributed by atoms with Crippen LogP contribution in [0.2, 0.25) is 0 Å². The molecule has 0 saturated heterocycles. The Kier molecular flexibility index (Phi) is 2.29. The van der Waals surface area contributed by atoms with E-state index >= 15 is 0 Å². The lowest BCUT2D eigenvalue weighted by molar-refractivity contribution is 0.491. The highest BCUT2D eigenvalue weighted by Gasteiger charge is 2.38. The van der Waals surface area contributed by atoms with Crippen molar-refractivity contribution in [2.24, 2.45) is 13.0 Å². The normalized spacial score (nSPS) is 16.5. The number of anilines is 1. The van der Waals surface area contributed by atoms with Crippen LogP contribution in [-0.2, 0) is 7.05 Å². The largest absolute Gasteiger partial charge is 0.360 e. The molecule has 0 aromatic carbocycles. The predicted molar refractivity (Wildman–Crippen MR) is 59.9 cm³/mol. The van der Waals surface area contributed by atoms with E-state index < -0.39 is 0 Å². The number of rotatable bonds is 3. The molecule has 1 aliphatic rings. The lowest BCUT2D eigenvalue weighted by Crippen LogP contribution is -2.37. The van der Waals surface area contributed by atoms with Gasteiger partial charge in [-0.2, -0.15) is 0 Å². The summed E-state index contributed by atoms with van der Waals surface area (Å²) in [4.78, 5) is 15.8. The minimum absolute atomic E-state index is 0.0273. The highest BCUT2D eigenvalue weighted by atomic mass is 16.1. The number of nitrogens with one attached hydrogen (secondary N) is 1. The third kappa shape index (κ3) is 2.03. The van der Waals surface area contributed by atoms with Gasteiger partial charge in [0.15, 0.2) is 5.82 Å². The van der Waals surface area contributed by atoms with Crippen LogP contribution < -0.4 is 10.9 Å². The van der Waals surface area contributed by atoms with Crippen LogP contribution in [0, 0.1) is 5.92 Å². The fourth-order valence-corrected chi connectivity index (χ4v) is 1.80. The summed E-state index contributed by atoms with van der Waals surface area (Å²) in [6.45, 7) is 4.25. The van der Waals surface area contributed by atoms with Crippen LogP contribution >= 0.6 is 0 Å². The molecular formula is C11H17N3O. The molecule has 0 amide bonds. The zero-order valence-corrected chi connectivity index (χ0v) is 9.45. The molecule has 0 spiro atoms. The van der Waals surface area contributed by atoms with Crippen LogP contribution in [0.15, 0.2) is 17.2 Å². The van der Waals surface area contributed by atoms with Crippen molar-refractivity contribution in [1.82, 2.24) is 9.55 Å². The molecule has 0 unspecified atom stereocenters. The summed E-state index contributed by atoms with van der Waals surface area (Å²) < 4.78 is 1.54. The zero-order valence-electron chi connectivity index (χ0n) is 9.45. The molecule has 1 saturated carbocycles. The second-order valence-electron chi connectivity index (χ2n) is 4.81. The van der Waals surface area contributed by atoms with Crippen LogP contribution in [0.3, 0.4) is 0 Å². The van der Waals surface area contributed by atoms with Crippen LogP contribution in [-0.4, -0.2) is 15.1 Å². The maximum atomic E-state index is 11.7. The molecule has 15 heavy (non-hydrogen) atoms. The molecule has 82 valence electrons. The Labute approximate surface area is 89.3 Å². The van der Waals surface area contributed by atoms with Crippen molar-refractivity contribution in [3.05, 3.63) is 22.7 Å². The third-order valence-corrected chi connectivity index (χ3v) is 3.06. The highest BCUT2D eigenvalue weighted by molar-refractivity contribution is 5.35. The fraction of sp³-hybridized carbons (Fsp3) is 0.636. The summed E-state index contributed by atoms with van der Waals surface area (Å²) >= 11 is 0. The van der Waals surface area contributed by atoms with Gasteiger partial charge in [-0.3, -0.25) is 4.79 Å². The summed E-state index contributed by atoms with van der Waals surface area (Å²) in [5.74, 6) is 1.13. The lowest BCUT2D eigenvalue weighted by atomic mass is 9.99. The molecular weight excluding hydrogens is 190 g/mol. The predicted octanol–water partition coefficient (Wildman–Crippen LogP) is 1.38. The Balaban J connectivity index is 2.24. The van der Waals surface area contributed by atoms with E-state index in [1.165, 1.54) is 17.4 Å². The zero-order chi connectivity index (χ0) is 11.1. The molecule has 1 aromatic rings. The molecule has 0 bridgehead atoms. The number of aryl methyl sites for hydroxylation is 1. The van der Waals surface area contributed by atoms with Gasteiger partial charge in [0.25, 0.3) is 5.56 Å². The van der Waals surface area contributed by atoms with Crippen molar-refractivity contribution in [2.45, 2.75) is 32.2 Å². The molecule has 2 rings (SSSR count). The first kappa shape index (κ1) is 10.2. The molecule has 0 atom stereocenters. The molecule has 1 fully saturated rings. The van der Waals surface area contributed by atoms with Crippen LogP contribution in [0.4, 0.5) is 5.82 Å². The van der Waals surface area contributed by atoms with Crippen molar-refractivity contribution < 1.29 is 0 Å². The molecule has 4 heteroatoms. The molecule has 0 aliphatic heterocycles. The maximum absolute atomic E-state index is 11.7. The third-order valence-electron chi connectivity index (χ3n) is 3.06. The van der Waals surface area contributed by atoms with Crippen molar-refractivity contribution in [3.8, 4) is 0 Å². The van der Waals surface area contributed by atoms with Gasteiger partial charge in [-0.05, 0) is 32.6 Å². The van der Waals surface area contributed by atoms with Crippen molar-refractivity contribution in [1.29, 1.82) is 0 Å². The van der Waals surface area contributed by atoms with Crippen LogP contribution in [0.25, 0.3) is 0 Å². The smallest absolute Gasteiger partial charge is 0.293 e. The minimum atomic E-state index is -0.0637. The van der Waals surface area contributed by atoms with Gasteiger partial charge in [0.1, 0.15) is 0 Å². The van der Waals surface area contributed by atoms with E-state index in [2.05, 4.69) is 24.1 Å². The van der Waals surface area contributed by atoms with E-state index in [-0.39, 0.29) is 11.1 Å². The van der Waals surface area contributed by atoms with E-state index in [1.54, 1.807) is 19.4 Å². The number of hydrogen-bond acceptors (Lipinski definition) is 3. The summed E-state index contributed by atoms with van der Waals surface area (Å²) in [6.07, 6.45) is 5.80. The summed E-state index contributed by atoms with van der Waals surface area (Å²) in [5.41, 5.74) is -0.0909. The Morgan fingerprint density at radius 3 is 2.80 bits per heavy atom. The van der Waals surface area contributed by atoms with E-state index in [9.17, 15) is 4.79 Å². The molecule has 0 radical (unpaired) electrons. The van der Waals surface area contributed by atoms with Gasteiger partial charge in [-0.1, -0.05) is 0 Å². The van der Waals surface area contributed by atoms with E-state index in [0.29, 0.717) is 11.7 Å². The van der Waals surface area contributed by atoms with E-state index in [1.807, 2.05) is 0 Å². The Morgan fingerprint density at radius 1 is 1.53 bits per heavy atom. The second-order valence-corrected chi connectivity index (χ2v) is 4.81. The van der Waals surface area contributed by atoms with Crippen molar-refractivity contribution >= 4 is 5.82 Å². The summed E-state index contributed by atoms with van der Waals surface area (Å²) in [6, 6.07) is 0. The molecule has 4 nitrogen and oxygen atoms in total. The average Bonchev–Trinajstić information content (AvgIpc) is 2.95. The Bertz CT molecular complexity index is 418. The van der Waals surface area contributed by atoms with Crippen molar-refractivity contribution in [2.75, 3.05) is 5.32 Å². The van der Waals surface area contributed by atoms with Crippen molar-refractivity contribution in [3.63, 3.8) is 0 Å². The van der Waals surface area contributed by atoms with Gasteiger partial charge in [0.2, 0.25) is 0 Å². The van der Waals surface area contributed by atoms with Crippen LogP contribution in [0.5, 0.6) is 0 Å². The minimum Gasteiger partial charge on any atom is -0.360 e. The van der Waals surface area contributed by atoms with Gasteiger partial charge in [0, 0.05) is 25.0 Å². The van der Waals surface area contributed by atoms with Gasteiger partial charge in [-0.15, -0.1) is 0 Å². The van der Waals surface area contributed by atoms with E-state index in [0.717, 1.165) is 0 Å². The Morgan fingerprint density at radius 2 is 2.20 bits per heavy atom. The quantitative estimate of drug-likeness (QED) is 0.814. The summed E-state index contributed by atoms with van der Waals surface area (Å²) in [7, 11) is 1.74. The first-order valence-electron chi connectivity index (χ1n) is 5.30. The molecule has 1 aliphatic carbocycles. The molecule has 1 aromatic heterocycles. The second kappa shape index (κ2) is 3.36. The number of aromatic nitrogens is 2. The topological polar surface area (TPSA) is 46.9 Å². The van der Waals surface area contributed by atoms with E-state index in [4.69, 9.17) is 0 Å². The van der Waals surface area contributed by atoms with Gasteiger partial charge >= 0.3 is 0 Å². The molecule has 1 N–H and O–H groups in total. The standard InChI is InChI=1S/C11H17N3O/c1-11(2,8-4-5-8)13-9-10(15)14(3)7-6-12-9/h6-8H,4-5H2,1-3H3,(H,12,13). The SMILES string of the molecule is Cn1ccnc(NC(C)(C)C2CC2)c1=O. The lowest BCUT2D eigenvalue weighted by Gasteiger charge is -2.26. The number of nitrogens with zero attached hydrogens (tertiary/aromatic N) is 2. The van der Waals surface area contributed by atoms with Gasteiger partial charge in [0.05, 0.1) is 0 Å². The first-order valence-corrected chi connectivity index (χ1v) is 5.30. The fourth-order valence-electron chi connectivity index (χ4n) is 1.80. The monoisotopic (exact) mass is 207 g/mol. The van der Waals surface area contributed by atoms with Gasteiger partial charge < -0.3 is 9.88 Å². The Hall–Kier alpha value is -1.32. The maximum Gasteiger partial charge on any atom is 0.293 e. The van der Waals surface area contributed by atoms with Crippen LogP contribution in [0.1, 0.15) is 26.7 Å².